The molecule has 0 unspecified atom stereocenters. The predicted molar refractivity (Wildman–Crippen MR) is 97.7 cm³/mol. The number of aromatic nitrogens is 4. The van der Waals surface area contributed by atoms with Gasteiger partial charge in [-0.2, -0.15) is 4.98 Å². The SMILES string of the molecule is Cc1nc2nc(-c3cccs3)nn2c(C)c1CC(=O)N1CCCCC1. The molecule has 0 radical (unpaired) electrons. The summed E-state index contributed by atoms with van der Waals surface area (Å²) in [7, 11) is 0. The molecule has 3 aromatic heterocycles. The zero-order valence-corrected chi connectivity index (χ0v) is 15.3. The number of hydrogen-bond donors (Lipinski definition) is 0. The van der Waals surface area contributed by atoms with Crippen molar-refractivity contribution in [3.63, 3.8) is 0 Å². The maximum atomic E-state index is 12.7. The molecule has 1 fully saturated rings. The molecule has 0 N–H and O–H groups in total. The van der Waals surface area contributed by atoms with E-state index >= 15 is 0 Å². The number of piperidine rings is 1. The first-order valence-electron chi connectivity index (χ1n) is 8.68. The van der Waals surface area contributed by atoms with Crippen LogP contribution < -0.4 is 0 Å². The molecule has 1 amide bonds. The molecule has 4 heterocycles. The largest absolute Gasteiger partial charge is 0.342 e. The summed E-state index contributed by atoms with van der Waals surface area (Å²) in [5.74, 6) is 1.46. The first-order chi connectivity index (χ1) is 12.1. The van der Waals surface area contributed by atoms with E-state index in [0.717, 1.165) is 47.8 Å². The lowest BCUT2D eigenvalue weighted by molar-refractivity contribution is -0.131. The van der Waals surface area contributed by atoms with Gasteiger partial charge in [0.1, 0.15) is 0 Å². The highest BCUT2D eigenvalue weighted by Gasteiger charge is 2.21. The van der Waals surface area contributed by atoms with E-state index in [1.165, 1.54) is 6.42 Å². The van der Waals surface area contributed by atoms with Crippen molar-refractivity contribution < 1.29 is 4.79 Å². The Morgan fingerprint density at radius 3 is 2.72 bits per heavy atom. The molecule has 1 saturated heterocycles. The second-order valence-electron chi connectivity index (χ2n) is 6.50. The Bertz CT molecular complexity index is 909. The molecule has 1 aliphatic heterocycles. The van der Waals surface area contributed by atoms with Crippen LogP contribution in [0.25, 0.3) is 16.5 Å². The lowest BCUT2D eigenvalue weighted by atomic mass is 10.1. The quantitative estimate of drug-likeness (QED) is 0.724. The van der Waals surface area contributed by atoms with Crippen molar-refractivity contribution in [2.45, 2.75) is 39.5 Å². The third-order valence-electron chi connectivity index (χ3n) is 4.83. The van der Waals surface area contributed by atoms with Gasteiger partial charge in [0.2, 0.25) is 5.91 Å². The van der Waals surface area contributed by atoms with E-state index in [0.29, 0.717) is 18.0 Å². The van der Waals surface area contributed by atoms with Crippen LogP contribution in [0.1, 0.15) is 36.2 Å². The molecular formula is C18H21N5OS. The van der Waals surface area contributed by atoms with Crippen LogP contribution in [0.2, 0.25) is 0 Å². The van der Waals surface area contributed by atoms with Crippen LogP contribution in [0.3, 0.4) is 0 Å². The topological polar surface area (TPSA) is 63.4 Å². The van der Waals surface area contributed by atoms with Gasteiger partial charge in [0.05, 0.1) is 11.3 Å². The molecule has 0 spiro atoms. The molecule has 1 aliphatic rings. The summed E-state index contributed by atoms with van der Waals surface area (Å²) in [6.07, 6.45) is 3.82. The fraction of sp³-hybridized carbons (Fsp3) is 0.444. The summed E-state index contributed by atoms with van der Waals surface area (Å²) < 4.78 is 1.76. The minimum atomic E-state index is 0.186. The Morgan fingerprint density at radius 2 is 2.00 bits per heavy atom. The molecule has 130 valence electrons. The van der Waals surface area contributed by atoms with Gasteiger partial charge in [-0.15, -0.1) is 16.4 Å². The summed E-state index contributed by atoms with van der Waals surface area (Å²) in [6, 6.07) is 3.99. The summed E-state index contributed by atoms with van der Waals surface area (Å²) >= 11 is 1.61. The molecule has 0 aromatic carbocycles. The smallest absolute Gasteiger partial charge is 0.253 e. The fourth-order valence-electron chi connectivity index (χ4n) is 3.38. The van der Waals surface area contributed by atoms with Crippen molar-refractivity contribution in [3.8, 4) is 10.7 Å². The van der Waals surface area contributed by atoms with Gasteiger partial charge < -0.3 is 4.90 Å². The van der Waals surface area contributed by atoms with Crippen molar-refractivity contribution in [1.29, 1.82) is 0 Å². The minimum absolute atomic E-state index is 0.186. The fourth-order valence-corrected chi connectivity index (χ4v) is 4.03. The molecule has 0 bridgehead atoms. The van der Waals surface area contributed by atoms with Crippen LogP contribution in [0.5, 0.6) is 0 Å². The molecule has 0 atom stereocenters. The highest BCUT2D eigenvalue weighted by molar-refractivity contribution is 7.13. The average Bonchev–Trinajstić information content (AvgIpc) is 3.28. The summed E-state index contributed by atoms with van der Waals surface area (Å²) in [5, 5.41) is 6.61. The highest BCUT2D eigenvalue weighted by Crippen LogP contribution is 2.23. The maximum Gasteiger partial charge on any atom is 0.253 e. The van der Waals surface area contributed by atoms with Crippen molar-refractivity contribution >= 4 is 23.0 Å². The van der Waals surface area contributed by atoms with E-state index in [4.69, 9.17) is 0 Å². The number of hydrogen-bond acceptors (Lipinski definition) is 5. The van der Waals surface area contributed by atoms with Crippen molar-refractivity contribution in [1.82, 2.24) is 24.5 Å². The van der Waals surface area contributed by atoms with Crippen LogP contribution in [0, 0.1) is 13.8 Å². The number of amides is 1. The van der Waals surface area contributed by atoms with Crippen LogP contribution in [-0.4, -0.2) is 43.5 Å². The predicted octanol–water partition coefficient (Wildman–Crippen LogP) is 3.02. The monoisotopic (exact) mass is 355 g/mol. The molecule has 0 saturated carbocycles. The number of likely N-dealkylation sites (tertiary alicyclic amines) is 1. The van der Waals surface area contributed by atoms with Crippen LogP contribution in [-0.2, 0) is 11.2 Å². The normalized spacial score (nSPS) is 15.0. The molecule has 7 heteroatoms. The van der Waals surface area contributed by atoms with Gasteiger partial charge in [-0.1, -0.05) is 6.07 Å². The molecule has 4 rings (SSSR count). The standard InChI is InChI=1S/C18H21N5OS/c1-12-14(11-16(24)22-8-4-3-5-9-22)13(2)23-18(19-12)20-17(21-23)15-7-6-10-25-15/h6-7,10H,3-5,8-9,11H2,1-2H3. The van der Waals surface area contributed by atoms with Gasteiger partial charge in [-0.3, -0.25) is 4.79 Å². The van der Waals surface area contributed by atoms with Crippen LogP contribution >= 0.6 is 11.3 Å². The number of fused-ring (bicyclic) bond motifs is 1. The number of carbonyl (C=O) groups excluding carboxylic acids is 1. The third-order valence-corrected chi connectivity index (χ3v) is 5.69. The third kappa shape index (κ3) is 3.04. The summed E-state index contributed by atoms with van der Waals surface area (Å²) in [6.45, 7) is 5.69. The Balaban J connectivity index is 1.68. The zero-order valence-electron chi connectivity index (χ0n) is 14.5. The van der Waals surface area contributed by atoms with Crippen molar-refractivity contribution in [2.75, 3.05) is 13.1 Å². The molecular weight excluding hydrogens is 334 g/mol. The Morgan fingerprint density at radius 1 is 1.20 bits per heavy atom. The number of thiophene rings is 1. The Hall–Kier alpha value is -2.28. The number of carbonyl (C=O) groups is 1. The lowest BCUT2D eigenvalue weighted by Gasteiger charge is -2.27. The van der Waals surface area contributed by atoms with Gasteiger partial charge in [-0.05, 0) is 44.6 Å². The molecule has 6 nitrogen and oxygen atoms in total. The van der Waals surface area contributed by atoms with Crippen LogP contribution in [0.15, 0.2) is 17.5 Å². The van der Waals surface area contributed by atoms with Gasteiger partial charge >= 0.3 is 0 Å². The van der Waals surface area contributed by atoms with Gasteiger partial charge in [0.15, 0.2) is 5.82 Å². The van der Waals surface area contributed by atoms with Crippen LogP contribution in [0.4, 0.5) is 0 Å². The summed E-state index contributed by atoms with van der Waals surface area (Å²) in [4.78, 5) is 24.8. The second-order valence-corrected chi connectivity index (χ2v) is 7.45. The summed E-state index contributed by atoms with van der Waals surface area (Å²) in [5.41, 5.74) is 2.77. The first kappa shape index (κ1) is 16.2. The first-order valence-corrected chi connectivity index (χ1v) is 9.56. The number of rotatable bonds is 3. The molecule has 25 heavy (non-hydrogen) atoms. The van der Waals surface area contributed by atoms with Gasteiger partial charge in [0, 0.05) is 30.0 Å². The van der Waals surface area contributed by atoms with E-state index in [9.17, 15) is 4.79 Å². The van der Waals surface area contributed by atoms with E-state index < -0.39 is 0 Å². The number of nitrogens with zero attached hydrogens (tertiary/aromatic N) is 5. The Kier molecular flexibility index (Phi) is 4.25. The molecule has 0 aliphatic carbocycles. The second kappa shape index (κ2) is 6.55. The zero-order chi connectivity index (χ0) is 17.4. The van der Waals surface area contributed by atoms with Gasteiger partial charge in [0.25, 0.3) is 5.78 Å². The van der Waals surface area contributed by atoms with Gasteiger partial charge in [-0.25, -0.2) is 9.50 Å². The Labute approximate surface area is 150 Å². The van der Waals surface area contributed by atoms with Crippen molar-refractivity contribution in [2.24, 2.45) is 0 Å². The average molecular weight is 355 g/mol. The highest BCUT2D eigenvalue weighted by atomic mass is 32.1. The lowest BCUT2D eigenvalue weighted by Crippen LogP contribution is -2.37. The molecule has 3 aromatic rings. The minimum Gasteiger partial charge on any atom is -0.342 e. The number of aryl methyl sites for hydroxylation is 2. The van der Waals surface area contributed by atoms with E-state index in [-0.39, 0.29) is 5.91 Å². The van der Waals surface area contributed by atoms with E-state index in [1.54, 1.807) is 15.9 Å². The van der Waals surface area contributed by atoms with E-state index in [1.807, 2.05) is 36.3 Å². The van der Waals surface area contributed by atoms with Crippen molar-refractivity contribution in [3.05, 3.63) is 34.5 Å². The maximum absolute atomic E-state index is 12.7. The van der Waals surface area contributed by atoms with E-state index in [2.05, 4.69) is 15.1 Å².